The molecular weight excluding hydrogens is 332 g/mol. The normalized spacial score (nSPS) is 19.8. The van der Waals surface area contributed by atoms with Gasteiger partial charge in [-0.25, -0.2) is 9.18 Å². The number of carbonyl (C=O) groups is 2. The molecule has 1 aliphatic rings. The number of carbonyl (C=O) groups excluding carboxylic acids is 1. The Morgan fingerprint density at radius 2 is 1.96 bits per heavy atom. The van der Waals surface area contributed by atoms with Gasteiger partial charge in [0.05, 0.1) is 5.75 Å². The van der Waals surface area contributed by atoms with E-state index in [1.807, 2.05) is 0 Å². The lowest BCUT2D eigenvalue weighted by atomic mass is 10.0. The first-order valence-corrected chi connectivity index (χ1v) is 8.40. The molecule has 6 nitrogen and oxygen atoms in total. The van der Waals surface area contributed by atoms with Crippen LogP contribution in [0, 0.1) is 11.7 Å². The summed E-state index contributed by atoms with van der Waals surface area (Å²) in [5.74, 6) is -3.84. The zero-order valence-corrected chi connectivity index (χ0v) is 12.8. The molecule has 1 aromatic carbocycles. The Morgan fingerprint density at radius 1 is 1.35 bits per heavy atom. The number of carboxylic acid groups (broad SMARTS) is 1. The van der Waals surface area contributed by atoms with Crippen LogP contribution < -0.4 is 0 Å². The van der Waals surface area contributed by atoms with Gasteiger partial charge in [0.25, 0.3) is 0 Å². The summed E-state index contributed by atoms with van der Waals surface area (Å²) in [4.78, 5) is 24.4. The minimum absolute atomic E-state index is 0.0452. The Morgan fingerprint density at radius 3 is 2.48 bits per heavy atom. The molecule has 2 rings (SSSR count). The maximum atomic E-state index is 12.9. The third-order valence-corrected chi connectivity index (χ3v) is 4.55. The minimum atomic E-state index is -4.73. The molecule has 1 amide bonds. The van der Waals surface area contributed by atoms with Crippen molar-refractivity contribution in [2.45, 2.75) is 18.9 Å². The number of halogens is 2. The van der Waals surface area contributed by atoms with Crippen molar-refractivity contribution >= 4 is 22.1 Å². The number of hydrogen-bond donors (Lipinski definition) is 1. The fraction of sp³-hybridized carbons (Fsp3) is 0.429. The fourth-order valence-electron chi connectivity index (χ4n) is 2.68. The van der Waals surface area contributed by atoms with Crippen LogP contribution in [-0.2, 0) is 26.2 Å². The van der Waals surface area contributed by atoms with Crippen molar-refractivity contribution in [3.8, 4) is 0 Å². The van der Waals surface area contributed by atoms with Crippen LogP contribution in [0.4, 0.5) is 8.28 Å². The molecule has 0 spiro atoms. The van der Waals surface area contributed by atoms with E-state index in [0.29, 0.717) is 5.56 Å². The molecule has 0 bridgehead atoms. The highest BCUT2D eigenvalue weighted by atomic mass is 32.3. The maximum absolute atomic E-state index is 12.9. The molecule has 126 valence electrons. The van der Waals surface area contributed by atoms with E-state index in [0.717, 1.165) is 4.90 Å². The second kappa shape index (κ2) is 6.61. The molecule has 2 atom stereocenters. The first-order valence-electron chi connectivity index (χ1n) is 6.85. The molecule has 2 unspecified atom stereocenters. The highest BCUT2D eigenvalue weighted by molar-refractivity contribution is 7.86. The van der Waals surface area contributed by atoms with E-state index in [1.165, 1.54) is 24.3 Å². The van der Waals surface area contributed by atoms with Crippen LogP contribution in [0.3, 0.4) is 0 Å². The van der Waals surface area contributed by atoms with Crippen molar-refractivity contribution in [2.24, 2.45) is 5.92 Å². The third-order valence-electron chi connectivity index (χ3n) is 3.68. The topological polar surface area (TPSA) is 91.8 Å². The molecule has 1 aromatic rings. The van der Waals surface area contributed by atoms with Crippen LogP contribution in [0.15, 0.2) is 24.3 Å². The monoisotopic (exact) mass is 347 g/mol. The Bertz CT molecular complexity index is 704. The quantitative estimate of drug-likeness (QED) is 0.774. The highest BCUT2D eigenvalue weighted by Crippen LogP contribution is 2.24. The lowest BCUT2D eigenvalue weighted by Gasteiger charge is -2.24. The van der Waals surface area contributed by atoms with E-state index < -0.39 is 45.6 Å². The molecule has 1 saturated heterocycles. The first kappa shape index (κ1) is 17.3. The standard InChI is InChI=1S/C14H15F2NO5S/c15-11-3-1-9(2-4-11)5-12(14(19)20)17-7-10(6-13(17)18)8-23(16,21)22/h1-4,10,12H,5-8H2,(H,19,20). The largest absolute Gasteiger partial charge is 0.480 e. The molecule has 1 fully saturated rings. The SMILES string of the molecule is O=C(O)C(Cc1ccc(F)cc1)N1CC(CS(=O)(=O)F)CC1=O. The van der Waals surface area contributed by atoms with Gasteiger partial charge in [-0.1, -0.05) is 12.1 Å². The summed E-state index contributed by atoms with van der Waals surface area (Å²) in [5, 5.41) is 9.33. The molecule has 0 aromatic heterocycles. The summed E-state index contributed by atoms with van der Waals surface area (Å²) in [7, 11) is -4.73. The summed E-state index contributed by atoms with van der Waals surface area (Å²) < 4.78 is 47.0. The van der Waals surface area contributed by atoms with Crippen LogP contribution >= 0.6 is 0 Å². The molecule has 1 aliphatic heterocycles. The van der Waals surface area contributed by atoms with Gasteiger partial charge in [-0.05, 0) is 17.7 Å². The third kappa shape index (κ3) is 4.72. The molecule has 0 aliphatic carbocycles. The van der Waals surface area contributed by atoms with Crippen molar-refractivity contribution in [3.63, 3.8) is 0 Å². The highest BCUT2D eigenvalue weighted by Gasteiger charge is 2.39. The smallest absolute Gasteiger partial charge is 0.326 e. The van der Waals surface area contributed by atoms with Crippen molar-refractivity contribution in [1.29, 1.82) is 0 Å². The summed E-state index contributed by atoms with van der Waals surface area (Å²) in [6.45, 7) is -0.139. The minimum Gasteiger partial charge on any atom is -0.480 e. The van der Waals surface area contributed by atoms with Gasteiger partial charge in [-0.15, -0.1) is 3.89 Å². The van der Waals surface area contributed by atoms with E-state index in [2.05, 4.69) is 0 Å². The van der Waals surface area contributed by atoms with Crippen LogP contribution in [0.2, 0.25) is 0 Å². The number of aliphatic carboxylic acids is 1. The molecule has 0 radical (unpaired) electrons. The number of rotatable bonds is 6. The number of amides is 1. The lowest BCUT2D eigenvalue weighted by molar-refractivity contribution is -0.148. The summed E-state index contributed by atoms with van der Waals surface area (Å²) in [6, 6.07) is 3.97. The van der Waals surface area contributed by atoms with Crippen molar-refractivity contribution < 1.29 is 31.4 Å². The predicted molar refractivity (Wildman–Crippen MR) is 76.2 cm³/mol. The Hall–Kier alpha value is -2.03. The molecule has 0 saturated carbocycles. The van der Waals surface area contributed by atoms with E-state index in [4.69, 9.17) is 0 Å². The van der Waals surface area contributed by atoms with E-state index >= 15 is 0 Å². The number of benzene rings is 1. The van der Waals surface area contributed by atoms with Gasteiger partial charge in [0.2, 0.25) is 5.91 Å². The van der Waals surface area contributed by atoms with Gasteiger partial charge < -0.3 is 10.0 Å². The first-order chi connectivity index (χ1) is 10.7. The second-order valence-electron chi connectivity index (χ2n) is 5.51. The average Bonchev–Trinajstić information content (AvgIpc) is 2.76. The van der Waals surface area contributed by atoms with Gasteiger partial charge in [0, 0.05) is 25.3 Å². The van der Waals surface area contributed by atoms with Crippen LogP contribution in [-0.4, -0.2) is 48.6 Å². The van der Waals surface area contributed by atoms with Crippen molar-refractivity contribution in [2.75, 3.05) is 12.3 Å². The zero-order chi connectivity index (χ0) is 17.2. The van der Waals surface area contributed by atoms with E-state index in [-0.39, 0.29) is 19.4 Å². The summed E-state index contributed by atoms with van der Waals surface area (Å²) in [5.41, 5.74) is 0.521. The molecule has 9 heteroatoms. The number of hydrogen-bond acceptors (Lipinski definition) is 4. The van der Waals surface area contributed by atoms with Gasteiger partial charge in [0.15, 0.2) is 0 Å². The predicted octanol–water partition coefficient (Wildman–Crippen LogP) is 0.969. The van der Waals surface area contributed by atoms with Gasteiger partial charge in [-0.3, -0.25) is 4.79 Å². The zero-order valence-electron chi connectivity index (χ0n) is 12.0. The summed E-state index contributed by atoms with van der Waals surface area (Å²) >= 11 is 0. The number of nitrogens with zero attached hydrogens (tertiary/aromatic N) is 1. The van der Waals surface area contributed by atoms with Gasteiger partial charge >= 0.3 is 16.2 Å². The molecular formula is C14H15F2NO5S. The molecule has 1 heterocycles. The maximum Gasteiger partial charge on any atom is 0.326 e. The van der Waals surface area contributed by atoms with E-state index in [9.17, 15) is 31.4 Å². The van der Waals surface area contributed by atoms with Crippen LogP contribution in [0.1, 0.15) is 12.0 Å². The Kier molecular flexibility index (Phi) is 4.98. The Labute approximate surface area is 131 Å². The number of carboxylic acids is 1. The van der Waals surface area contributed by atoms with Crippen LogP contribution in [0.25, 0.3) is 0 Å². The van der Waals surface area contributed by atoms with E-state index in [1.54, 1.807) is 0 Å². The molecule has 23 heavy (non-hydrogen) atoms. The van der Waals surface area contributed by atoms with Crippen LogP contribution in [0.5, 0.6) is 0 Å². The Balaban J connectivity index is 2.13. The van der Waals surface area contributed by atoms with Gasteiger partial charge in [-0.2, -0.15) is 8.42 Å². The number of likely N-dealkylation sites (tertiary alicyclic amines) is 1. The fourth-order valence-corrected chi connectivity index (χ4v) is 3.46. The average molecular weight is 347 g/mol. The van der Waals surface area contributed by atoms with Crippen molar-refractivity contribution in [1.82, 2.24) is 4.90 Å². The van der Waals surface area contributed by atoms with Gasteiger partial charge in [0.1, 0.15) is 11.9 Å². The lowest BCUT2D eigenvalue weighted by Crippen LogP contribution is -2.43. The summed E-state index contributed by atoms with van der Waals surface area (Å²) in [6.07, 6.45) is -0.257. The second-order valence-corrected chi connectivity index (χ2v) is 6.92. The van der Waals surface area contributed by atoms with Crippen molar-refractivity contribution in [3.05, 3.63) is 35.6 Å². The molecule has 1 N–H and O–H groups in total.